The third kappa shape index (κ3) is 3.03. The topological polar surface area (TPSA) is 81.2 Å². The molecule has 0 aliphatic carbocycles. The van der Waals surface area contributed by atoms with Crippen molar-refractivity contribution in [1.82, 2.24) is 13.9 Å². The number of sulfonamides is 1. The van der Waals surface area contributed by atoms with Gasteiger partial charge >= 0.3 is 0 Å². The van der Waals surface area contributed by atoms with Gasteiger partial charge in [0.2, 0.25) is 0 Å². The molecule has 6 nitrogen and oxygen atoms in total. The summed E-state index contributed by atoms with van der Waals surface area (Å²) in [6, 6.07) is 0.120. The molecule has 0 spiro atoms. The zero-order valence-electron chi connectivity index (χ0n) is 10.3. The molecule has 0 unspecified atom stereocenters. The molecule has 0 radical (unpaired) electrons. The van der Waals surface area contributed by atoms with Gasteiger partial charge in [0.25, 0.3) is 10.0 Å². The molecule has 1 aromatic heterocycles. The third-order valence-electron chi connectivity index (χ3n) is 3.08. The lowest BCUT2D eigenvalue weighted by Gasteiger charge is -2.28. The average Bonchev–Trinajstić information content (AvgIpc) is 2.78. The fourth-order valence-electron chi connectivity index (χ4n) is 1.89. The first-order valence-corrected chi connectivity index (χ1v) is 7.25. The predicted molar refractivity (Wildman–Crippen MR) is 71.1 cm³/mol. The summed E-state index contributed by atoms with van der Waals surface area (Å²) in [4.78, 5) is 3.96. The Morgan fingerprint density at radius 1 is 1.44 bits per heavy atom. The number of hydrogen-bond donors (Lipinski definition) is 1. The van der Waals surface area contributed by atoms with Crippen molar-refractivity contribution in [3.05, 3.63) is 12.5 Å². The first-order valence-electron chi connectivity index (χ1n) is 5.81. The maximum absolute atomic E-state index is 12.2. The summed E-state index contributed by atoms with van der Waals surface area (Å²) in [6.07, 6.45) is 4.55. The van der Waals surface area contributed by atoms with E-state index in [9.17, 15) is 8.42 Å². The molecule has 18 heavy (non-hydrogen) atoms. The van der Waals surface area contributed by atoms with E-state index < -0.39 is 10.0 Å². The second-order valence-corrected chi connectivity index (χ2v) is 6.17. The predicted octanol–water partition coefficient (Wildman–Crippen LogP) is 0.437. The lowest BCUT2D eigenvalue weighted by Crippen LogP contribution is -2.42. The highest BCUT2D eigenvalue weighted by Gasteiger charge is 2.29. The van der Waals surface area contributed by atoms with Crippen LogP contribution in [0.2, 0.25) is 0 Å². The summed E-state index contributed by atoms with van der Waals surface area (Å²) in [6.45, 7) is 3.64. The normalized spacial score (nSPS) is 18.6. The maximum atomic E-state index is 12.2. The van der Waals surface area contributed by atoms with Crippen LogP contribution in [0.4, 0.5) is 0 Å². The van der Waals surface area contributed by atoms with Gasteiger partial charge in [-0.05, 0) is 19.8 Å². The van der Waals surface area contributed by atoms with E-state index >= 15 is 0 Å². The van der Waals surface area contributed by atoms with Gasteiger partial charge in [-0.25, -0.2) is 13.4 Å². The Kier molecular flexibility index (Phi) is 5.15. The van der Waals surface area contributed by atoms with Gasteiger partial charge in [-0.3, -0.25) is 0 Å². The Morgan fingerprint density at radius 2 is 2.06 bits per heavy atom. The zero-order valence-corrected chi connectivity index (χ0v) is 12.0. The van der Waals surface area contributed by atoms with Gasteiger partial charge < -0.3 is 10.3 Å². The van der Waals surface area contributed by atoms with Gasteiger partial charge in [0.1, 0.15) is 0 Å². The molecule has 1 saturated heterocycles. The van der Waals surface area contributed by atoms with Gasteiger partial charge in [-0.2, -0.15) is 4.31 Å². The SMILES string of the molecule is CCn1cnc(S(=O)(=O)N2CCC(N)CC2)c1.Cl. The van der Waals surface area contributed by atoms with E-state index in [-0.39, 0.29) is 23.5 Å². The van der Waals surface area contributed by atoms with Crippen LogP contribution in [0.1, 0.15) is 19.8 Å². The quantitative estimate of drug-likeness (QED) is 0.877. The number of piperidine rings is 1. The van der Waals surface area contributed by atoms with Crippen molar-refractivity contribution >= 4 is 22.4 Å². The number of hydrogen-bond acceptors (Lipinski definition) is 4. The van der Waals surface area contributed by atoms with E-state index in [4.69, 9.17) is 5.73 Å². The van der Waals surface area contributed by atoms with Gasteiger partial charge in [0.15, 0.2) is 5.03 Å². The molecule has 8 heteroatoms. The lowest BCUT2D eigenvalue weighted by atomic mass is 10.1. The van der Waals surface area contributed by atoms with Gasteiger partial charge in [-0.1, -0.05) is 0 Å². The number of rotatable bonds is 3. The van der Waals surface area contributed by atoms with Crippen molar-refractivity contribution in [3.63, 3.8) is 0 Å². The highest BCUT2D eigenvalue weighted by atomic mass is 35.5. The highest BCUT2D eigenvalue weighted by molar-refractivity contribution is 7.89. The molecule has 0 aromatic carbocycles. The Bertz CT molecular complexity index is 480. The monoisotopic (exact) mass is 294 g/mol. The van der Waals surface area contributed by atoms with E-state index in [2.05, 4.69) is 4.98 Å². The molecule has 0 amide bonds. The van der Waals surface area contributed by atoms with Gasteiger partial charge in [0.05, 0.1) is 6.33 Å². The van der Waals surface area contributed by atoms with Crippen LogP contribution >= 0.6 is 12.4 Å². The Balaban J connectivity index is 0.00000162. The molecule has 2 rings (SSSR count). The minimum Gasteiger partial charge on any atom is -0.336 e. The van der Waals surface area contributed by atoms with Crippen molar-refractivity contribution in [2.75, 3.05) is 13.1 Å². The minimum atomic E-state index is -3.43. The number of nitrogens with zero attached hydrogens (tertiary/aromatic N) is 3. The number of aromatic nitrogens is 2. The Morgan fingerprint density at radius 3 is 2.56 bits per heavy atom. The first kappa shape index (κ1) is 15.4. The molecular weight excluding hydrogens is 276 g/mol. The summed E-state index contributed by atoms with van der Waals surface area (Å²) >= 11 is 0. The number of nitrogens with two attached hydrogens (primary N) is 1. The van der Waals surface area contributed by atoms with Crippen molar-refractivity contribution in [3.8, 4) is 0 Å². The van der Waals surface area contributed by atoms with Crippen LogP contribution < -0.4 is 5.73 Å². The molecule has 1 aliphatic rings. The lowest BCUT2D eigenvalue weighted by molar-refractivity contribution is 0.319. The van der Waals surface area contributed by atoms with Crippen molar-refractivity contribution < 1.29 is 8.42 Å². The summed E-state index contributed by atoms with van der Waals surface area (Å²) < 4.78 is 27.7. The molecular formula is C10H19ClN4O2S. The smallest absolute Gasteiger partial charge is 0.262 e. The summed E-state index contributed by atoms with van der Waals surface area (Å²) in [5.41, 5.74) is 5.76. The highest BCUT2D eigenvalue weighted by Crippen LogP contribution is 2.18. The van der Waals surface area contributed by atoms with E-state index in [1.165, 1.54) is 4.31 Å². The van der Waals surface area contributed by atoms with Crippen LogP contribution in [-0.4, -0.2) is 41.4 Å². The van der Waals surface area contributed by atoms with Gasteiger partial charge in [0, 0.05) is 31.9 Å². The molecule has 1 fully saturated rings. The van der Waals surface area contributed by atoms with Crippen molar-refractivity contribution in [2.45, 2.75) is 37.4 Å². The molecule has 2 heterocycles. The molecule has 104 valence electrons. The van der Waals surface area contributed by atoms with Crippen molar-refractivity contribution in [1.29, 1.82) is 0 Å². The molecule has 0 saturated carbocycles. The fraction of sp³-hybridized carbons (Fsp3) is 0.700. The van der Waals surface area contributed by atoms with Gasteiger partial charge in [-0.15, -0.1) is 12.4 Å². The van der Waals surface area contributed by atoms with Crippen LogP contribution in [-0.2, 0) is 16.6 Å². The molecule has 1 aromatic rings. The van der Waals surface area contributed by atoms with Crippen LogP contribution in [0, 0.1) is 0 Å². The number of aryl methyl sites for hydroxylation is 1. The summed E-state index contributed by atoms with van der Waals surface area (Å²) in [7, 11) is -3.43. The molecule has 0 bridgehead atoms. The van der Waals surface area contributed by atoms with Crippen LogP contribution in [0.5, 0.6) is 0 Å². The van der Waals surface area contributed by atoms with E-state index in [0.29, 0.717) is 32.5 Å². The van der Waals surface area contributed by atoms with Crippen LogP contribution in [0.3, 0.4) is 0 Å². The Labute approximate surface area is 114 Å². The summed E-state index contributed by atoms with van der Waals surface area (Å²) in [5, 5.41) is 0.134. The van der Waals surface area contributed by atoms with E-state index in [1.807, 2.05) is 6.92 Å². The minimum absolute atomic E-state index is 0. The molecule has 1 aliphatic heterocycles. The second-order valence-electron chi connectivity index (χ2n) is 4.28. The maximum Gasteiger partial charge on any atom is 0.262 e. The molecule has 0 atom stereocenters. The average molecular weight is 295 g/mol. The van der Waals surface area contributed by atoms with Crippen LogP contribution in [0.25, 0.3) is 0 Å². The Hall–Kier alpha value is -0.630. The molecule has 2 N–H and O–H groups in total. The van der Waals surface area contributed by atoms with E-state index in [1.54, 1.807) is 17.1 Å². The third-order valence-corrected chi connectivity index (χ3v) is 4.86. The van der Waals surface area contributed by atoms with Crippen LogP contribution in [0.15, 0.2) is 17.6 Å². The first-order chi connectivity index (χ1) is 8.04. The number of imidazole rings is 1. The fourth-order valence-corrected chi connectivity index (χ4v) is 3.30. The largest absolute Gasteiger partial charge is 0.336 e. The standard InChI is InChI=1S/C10H18N4O2S.ClH/c1-2-13-7-10(12-8-13)17(15,16)14-5-3-9(11)4-6-14;/h7-9H,2-6,11H2,1H3;1H. The van der Waals surface area contributed by atoms with Crippen molar-refractivity contribution in [2.24, 2.45) is 5.73 Å². The second kappa shape index (κ2) is 6.01. The zero-order chi connectivity index (χ0) is 12.5. The summed E-state index contributed by atoms with van der Waals surface area (Å²) in [5.74, 6) is 0. The van der Waals surface area contributed by atoms with E-state index in [0.717, 1.165) is 0 Å². The number of halogens is 1.